The molecule has 1 unspecified atom stereocenters. The number of aryl methyl sites for hydroxylation is 1. The van der Waals surface area contributed by atoms with Crippen LogP contribution < -0.4 is 10.2 Å². The molecule has 2 aromatic heterocycles. The Morgan fingerprint density at radius 2 is 1.91 bits per heavy atom. The monoisotopic (exact) mass is 637 g/mol. The van der Waals surface area contributed by atoms with Crippen LogP contribution in [-0.4, -0.2) is 86.8 Å². The van der Waals surface area contributed by atoms with Crippen molar-refractivity contribution < 1.29 is 34.0 Å². The van der Waals surface area contributed by atoms with E-state index in [4.69, 9.17) is 19.2 Å². The largest absolute Gasteiger partial charge is 0.508 e. The number of phenolic OH excluding ortho intramolecular Hbond substituents is 1. The molecule has 3 aromatic rings. The highest BCUT2D eigenvalue weighted by molar-refractivity contribution is 5.93. The summed E-state index contributed by atoms with van der Waals surface area (Å²) in [5.41, 5.74) is 1.12. The molecule has 0 radical (unpaired) electrons. The van der Waals surface area contributed by atoms with E-state index in [1.54, 1.807) is 54.8 Å². The zero-order chi connectivity index (χ0) is 33.6. The average Bonchev–Trinajstić information content (AvgIpc) is 3.42. The number of carbonyl (C=O) groups excluding carboxylic acids is 2. The van der Waals surface area contributed by atoms with Gasteiger partial charge in [-0.25, -0.2) is 9.78 Å². The molecule has 0 saturated carbocycles. The summed E-state index contributed by atoms with van der Waals surface area (Å²) >= 11 is 0. The number of fused-ring (bicyclic) bond motifs is 1. The molecule has 1 aliphatic heterocycles. The van der Waals surface area contributed by atoms with Crippen LogP contribution in [0.15, 0.2) is 43.0 Å². The van der Waals surface area contributed by atoms with E-state index in [0.29, 0.717) is 60.8 Å². The number of esters is 1. The van der Waals surface area contributed by atoms with Crippen LogP contribution in [0.1, 0.15) is 80.9 Å². The molecule has 3 N–H and O–H groups in total. The van der Waals surface area contributed by atoms with E-state index < -0.39 is 29.7 Å². The minimum atomic E-state index is -1.09. The molecular formula is C34H47N5O7. The molecule has 12 nitrogen and oxygen atoms in total. The zero-order valence-electron chi connectivity index (χ0n) is 27.7. The number of amides is 1. The number of carbonyl (C=O) groups is 2. The highest BCUT2D eigenvalue weighted by atomic mass is 16.6. The Kier molecular flexibility index (Phi) is 11.1. The van der Waals surface area contributed by atoms with Crippen LogP contribution in [0.5, 0.6) is 5.75 Å². The lowest BCUT2D eigenvalue weighted by molar-refractivity contribution is -0.166. The number of aromatic nitrogens is 3. The van der Waals surface area contributed by atoms with Crippen molar-refractivity contribution in [3.63, 3.8) is 0 Å². The van der Waals surface area contributed by atoms with Gasteiger partial charge >= 0.3 is 5.97 Å². The van der Waals surface area contributed by atoms with E-state index in [9.17, 15) is 19.8 Å². The second-order valence-corrected chi connectivity index (χ2v) is 12.8. The van der Waals surface area contributed by atoms with Crippen LogP contribution in [0.2, 0.25) is 0 Å². The normalized spacial score (nSPS) is 16.2. The third-order valence-electron chi connectivity index (χ3n) is 7.89. The Labute approximate surface area is 270 Å². The molecule has 1 saturated heterocycles. The van der Waals surface area contributed by atoms with Crippen LogP contribution in [0.25, 0.3) is 5.65 Å². The van der Waals surface area contributed by atoms with E-state index in [2.05, 4.69) is 28.8 Å². The summed E-state index contributed by atoms with van der Waals surface area (Å²) in [7, 11) is 0. The first-order valence-corrected chi connectivity index (χ1v) is 15.7. The van der Waals surface area contributed by atoms with Gasteiger partial charge in [-0.15, -0.1) is 6.58 Å². The maximum atomic E-state index is 13.4. The van der Waals surface area contributed by atoms with Gasteiger partial charge in [-0.3, -0.25) is 4.79 Å². The molecule has 12 heteroatoms. The van der Waals surface area contributed by atoms with Gasteiger partial charge in [0.1, 0.15) is 11.6 Å². The average molecular weight is 638 g/mol. The number of anilines is 1. The fourth-order valence-electron chi connectivity index (χ4n) is 5.54. The van der Waals surface area contributed by atoms with Crippen molar-refractivity contribution in [3.05, 3.63) is 65.5 Å². The van der Waals surface area contributed by atoms with Crippen molar-refractivity contribution in [1.82, 2.24) is 19.9 Å². The molecule has 1 amide bonds. The van der Waals surface area contributed by atoms with Crippen molar-refractivity contribution >= 4 is 23.3 Å². The molecule has 2 atom stereocenters. The second kappa shape index (κ2) is 14.6. The number of para-hydroxylation sites is 1. The summed E-state index contributed by atoms with van der Waals surface area (Å²) < 4.78 is 19.5. The van der Waals surface area contributed by atoms with Crippen LogP contribution in [-0.2, 0) is 25.4 Å². The number of benzene rings is 1. The predicted molar refractivity (Wildman–Crippen MR) is 174 cm³/mol. The number of hydrogen-bond acceptors (Lipinski definition) is 10. The van der Waals surface area contributed by atoms with Gasteiger partial charge in [0.25, 0.3) is 5.91 Å². The number of aromatic hydroxyl groups is 1. The number of nitrogens with one attached hydrogen (secondary N) is 1. The van der Waals surface area contributed by atoms with Gasteiger partial charge in [0.15, 0.2) is 17.4 Å². The summed E-state index contributed by atoms with van der Waals surface area (Å²) in [4.78, 5) is 33.6. The van der Waals surface area contributed by atoms with Crippen molar-refractivity contribution in [1.29, 1.82) is 0 Å². The van der Waals surface area contributed by atoms with Crippen molar-refractivity contribution in [2.45, 2.75) is 84.2 Å². The topological polar surface area (TPSA) is 148 Å². The quantitative estimate of drug-likeness (QED) is 0.185. The fraction of sp³-hybridized carbons (Fsp3) is 0.529. The van der Waals surface area contributed by atoms with Crippen LogP contribution in [0, 0.1) is 6.92 Å². The Balaban J connectivity index is 1.71. The first-order valence-electron chi connectivity index (χ1n) is 15.7. The summed E-state index contributed by atoms with van der Waals surface area (Å²) in [6.45, 7) is 16.8. The number of hydrogen-bond donors (Lipinski definition) is 3. The molecule has 1 aliphatic rings. The molecular weight excluding hydrogens is 590 g/mol. The molecule has 0 spiro atoms. The summed E-state index contributed by atoms with van der Waals surface area (Å²) in [6, 6.07) is 8.32. The Bertz CT molecular complexity index is 1540. The Morgan fingerprint density at radius 1 is 1.22 bits per heavy atom. The standard InChI is InChI=1S/C34H47N5O7/c1-8-18-45-34(7)14-16-38(17-15-34)31-28(29(32(43)44-9-2)46-33(4,5)6)22(3)36-27-20-25(37-39(27)31)30(42)35-21-24(40)19-23-12-10-11-13-26(23)41/h8,10-13,20,24,29,40-41H,1,9,14-19,21H2,2-7H3,(H,35,42)/t24?,29-/m0/s1. The molecule has 250 valence electrons. The minimum Gasteiger partial charge on any atom is -0.508 e. The smallest absolute Gasteiger partial charge is 0.340 e. The van der Waals surface area contributed by atoms with E-state index in [-0.39, 0.29) is 36.6 Å². The van der Waals surface area contributed by atoms with Gasteiger partial charge in [-0.05, 0) is 66.0 Å². The molecule has 1 aromatic carbocycles. The SMILES string of the molecule is C=CCOC1(C)CCN(c2c([C@H](OC(C)(C)C)C(=O)OCC)c(C)nc3cc(C(=O)NCC(O)Cc4ccccc4O)nn23)CC1. The zero-order valence-corrected chi connectivity index (χ0v) is 27.7. The molecule has 0 aliphatic carbocycles. The molecule has 46 heavy (non-hydrogen) atoms. The number of piperidine rings is 1. The number of rotatable bonds is 13. The van der Waals surface area contributed by atoms with Gasteiger partial charge in [-0.1, -0.05) is 24.3 Å². The summed E-state index contributed by atoms with van der Waals surface area (Å²) in [5, 5.41) is 28.0. The van der Waals surface area contributed by atoms with Crippen LogP contribution in [0.4, 0.5) is 5.82 Å². The van der Waals surface area contributed by atoms with Gasteiger partial charge < -0.3 is 34.6 Å². The third kappa shape index (κ3) is 8.42. The maximum Gasteiger partial charge on any atom is 0.340 e. The van der Waals surface area contributed by atoms with E-state index in [1.807, 2.05) is 20.8 Å². The number of phenols is 1. The number of nitrogens with zero attached hydrogens (tertiary/aromatic N) is 4. The molecule has 3 heterocycles. The summed E-state index contributed by atoms with van der Waals surface area (Å²) in [6.07, 6.45) is 1.29. The van der Waals surface area contributed by atoms with Crippen molar-refractivity contribution in [2.75, 3.05) is 37.7 Å². The number of ether oxygens (including phenoxy) is 3. The fourth-order valence-corrected chi connectivity index (χ4v) is 5.54. The minimum absolute atomic E-state index is 0.0502. The lowest BCUT2D eigenvalue weighted by atomic mass is 9.92. The van der Waals surface area contributed by atoms with Crippen LogP contribution in [0.3, 0.4) is 0 Å². The van der Waals surface area contributed by atoms with Gasteiger partial charge in [-0.2, -0.15) is 9.61 Å². The molecule has 0 bridgehead atoms. The van der Waals surface area contributed by atoms with Gasteiger partial charge in [0.05, 0.1) is 36.1 Å². The maximum absolute atomic E-state index is 13.4. The van der Waals surface area contributed by atoms with E-state index >= 15 is 0 Å². The number of aliphatic hydroxyl groups excluding tert-OH is 1. The third-order valence-corrected chi connectivity index (χ3v) is 7.89. The molecule has 4 rings (SSSR count). The Morgan fingerprint density at radius 3 is 2.54 bits per heavy atom. The van der Waals surface area contributed by atoms with Crippen molar-refractivity contribution in [2.24, 2.45) is 0 Å². The Hall–Kier alpha value is -4.00. The van der Waals surface area contributed by atoms with Crippen LogP contribution >= 0.6 is 0 Å². The van der Waals surface area contributed by atoms with E-state index in [0.717, 1.165) is 0 Å². The first kappa shape index (κ1) is 34.9. The highest BCUT2D eigenvalue weighted by Gasteiger charge is 2.38. The number of aliphatic hydroxyl groups is 1. The highest BCUT2D eigenvalue weighted by Crippen LogP contribution is 2.38. The predicted octanol–water partition coefficient (Wildman–Crippen LogP) is 4.06. The first-order chi connectivity index (χ1) is 21.7. The van der Waals surface area contributed by atoms with Gasteiger partial charge in [0, 0.05) is 37.8 Å². The lowest BCUT2D eigenvalue weighted by Gasteiger charge is -2.41. The van der Waals surface area contributed by atoms with Crippen molar-refractivity contribution in [3.8, 4) is 5.75 Å². The second-order valence-electron chi connectivity index (χ2n) is 12.8. The van der Waals surface area contributed by atoms with E-state index in [1.165, 1.54) is 0 Å². The van der Waals surface area contributed by atoms with Gasteiger partial charge in [0.2, 0.25) is 0 Å². The molecule has 1 fully saturated rings. The lowest BCUT2D eigenvalue weighted by Crippen LogP contribution is -2.45. The summed E-state index contributed by atoms with van der Waals surface area (Å²) in [5.74, 6) is -0.361.